The van der Waals surface area contributed by atoms with Crippen molar-refractivity contribution < 1.29 is 13.2 Å². The quantitative estimate of drug-likeness (QED) is 0.270. The molecule has 1 heterocycles. The Balaban J connectivity index is 1.74. The average molecular weight is 490 g/mol. The monoisotopic (exact) mass is 489 g/mol. The van der Waals surface area contributed by atoms with Crippen LogP contribution in [-0.2, 0) is 16.6 Å². The lowest BCUT2D eigenvalue weighted by atomic mass is 10.1. The molecule has 1 N–H and O–H groups in total. The molecule has 0 atom stereocenters. The van der Waals surface area contributed by atoms with Crippen LogP contribution in [0.5, 0.6) is 0 Å². The van der Waals surface area contributed by atoms with Gasteiger partial charge < -0.3 is 0 Å². The van der Waals surface area contributed by atoms with E-state index in [1.807, 2.05) is 47.8 Å². The first-order valence-electron chi connectivity index (χ1n) is 10.6. The number of hydrogen-bond donors (Lipinski definition) is 1. The highest BCUT2D eigenvalue weighted by Crippen LogP contribution is 2.29. The predicted octanol–water partition coefficient (Wildman–Crippen LogP) is 5.30. The largest absolute Gasteiger partial charge is 0.273 e. The number of benzene rings is 3. The Kier molecular flexibility index (Phi) is 7.20. The van der Waals surface area contributed by atoms with Gasteiger partial charge in [0, 0.05) is 4.88 Å². The van der Waals surface area contributed by atoms with Gasteiger partial charge in [-0.2, -0.15) is 5.10 Å². The number of para-hydroxylation sites is 1. The van der Waals surface area contributed by atoms with Crippen molar-refractivity contribution in [1.29, 1.82) is 0 Å². The Hall–Kier alpha value is -3.75. The number of carbonyl (C=O) groups is 1. The molecular formula is C26H23N3O3S2. The lowest BCUT2D eigenvalue weighted by Crippen LogP contribution is -2.33. The molecule has 0 spiro atoms. The Bertz CT molecular complexity index is 1390. The molecule has 0 aliphatic heterocycles. The minimum atomic E-state index is -3.96. The van der Waals surface area contributed by atoms with E-state index in [-0.39, 0.29) is 22.7 Å². The van der Waals surface area contributed by atoms with Crippen molar-refractivity contribution >= 4 is 38.7 Å². The van der Waals surface area contributed by atoms with E-state index in [9.17, 15) is 13.2 Å². The third-order valence-electron chi connectivity index (χ3n) is 5.12. The van der Waals surface area contributed by atoms with Gasteiger partial charge in [0.1, 0.15) is 0 Å². The zero-order chi connectivity index (χ0) is 24.0. The Morgan fingerprint density at radius 1 is 0.882 bits per heavy atom. The molecule has 0 bridgehead atoms. The zero-order valence-corrected chi connectivity index (χ0v) is 20.1. The second-order valence-electron chi connectivity index (χ2n) is 7.44. The number of hydrogen-bond acceptors (Lipinski definition) is 5. The SMILES string of the molecule is C/C(=N/NC(=O)c1ccccc1N(Cc1ccccc1)S(=O)(=O)c1ccccc1)c1cccs1. The summed E-state index contributed by atoms with van der Waals surface area (Å²) in [6.45, 7) is 1.87. The summed E-state index contributed by atoms with van der Waals surface area (Å²) in [7, 11) is -3.96. The van der Waals surface area contributed by atoms with Crippen LogP contribution in [0.1, 0.15) is 27.7 Å². The Morgan fingerprint density at radius 2 is 1.53 bits per heavy atom. The van der Waals surface area contributed by atoms with E-state index in [4.69, 9.17) is 0 Å². The number of nitrogens with zero attached hydrogens (tertiary/aromatic N) is 2. The van der Waals surface area contributed by atoms with Crippen molar-refractivity contribution in [1.82, 2.24) is 5.43 Å². The Morgan fingerprint density at radius 3 is 2.21 bits per heavy atom. The number of thiophene rings is 1. The van der Waals surface area contributed by atoms with E-state index in [1.54, 1.807) is 61.5 Å². The van der Waals surface area contributed by atoms with Crippen LogP contribution >= 0.6 is 11.3 Å². The number of hydrazone groups is 1. The normalized spacial score (nSPS) is 11.7. The van der Waals surface area contributed by atoms with Crippen molar-refractivity contribution in [3.05, 3.63) is 118 Å². The summed E-state index contributed by atoms with van der Waals surface area (Å²) in [6, 6.07) is 27.9. The summed E-state index contributed by atoms with van der Waals surface area (Å²) in [5.41, 5.74) is 4.52. The summed E-state index contributed by atoms with van der Waals surface area (Å²) in [5.74, 6) is -0.493. The molecule has 6 nitrogen and oxygen atoms in total. The van der Waals surface area contributed by atoms with E-state index >= 15 is 0 Å². The minimum Gasteiger partial charge on any atom is -0.267 e. The van der Waals surface area contributed by atoms with Crippen LogP contribution in [0.25, 0.3) is 0 Å². The smallest absolute Gasteiger partial charge is 0.267 e. The van der Waals surface area contributed by atoms with Gasteiger partial charge in [0.15, 0.2) is 0 Å². The molecule has 3 aromatic carbocycles. The summed E-state index contributed by atoms with van der Waals surface area (Å²) in [4.78, 5) is 14.2. The maximum atomic E-state index is 13.7. The van der Waals surface area contributed by atoms with Crippen LogP contribution in [0.2, 0.25) is 0 Å². The predicted molar refractivity (Wildman–Crippen MR) is 137 cm³/mol. The standard InChI is InChI=1S/C26H23N3O3S2/c1-20(25-17-10-18-33-25)27-28-26(30)23-15-8-9-16-24(23)29(19-21-11-4-2-5-12-21)34(31,32)22-13-6-3-7-14-22/h2-18H,19H2,1H3,(H,28,30)/b27-20-. The van der Waals surface area contributed by atoms with Crippen molar-refractivity contribution in [2.75, 3.05) is 4.31 Å². The van der Waals surface area contributed by atoms with Gasteiger partial charge in [-0.1, -0.05) is 66.7 Å². The second kappa shape index (κ2) is 10.5. The first-order valence-corrected chi connectivity index (χ1v) is 12.9. The number of amides is 1. The second-order valence-corrected chi connectivity index (χ2v) is 10.3. The lowest BCUT2D eigenvalue weighted by Gasteiger charge is -2.26. The molecule has 4 aromatic rings. The summed E-state index contributed by atoms with van der Waals surface area (Å²) < 4.78 is 28.7. The number of anilines is 1. The highest BCUT2D eigenvalue weighted by molar-refractivity contribution is 7.92. The van der Waals surface area contributed by atoms with E-state index < -0.39 is 15.9 Å². The van der Waals surface area contributed by atoms with E-state index in [0.717, 1.165) is 10.4 Å². The molecule has 0 aliphatic rings. The van der Waals surface area contributed by atoms with Gasteiger partial charge in [0.2, 0.25) is 0 Å². The van der Waals surface area contributed by atoms with Gasteiger partial charge in [-0.15, -0.1) is 11.3 Å². The molecule has 1 amide bonds. The molecular weight excluding hydrogens is 466 g/mol. The van der Waals surface area contributed by atoms with Gasteiger partial charge in [0.25, 0.3) is 15.9 Å². The van der Waals surface area contributed by atoms with Gasteiger partial charge in [-0.3, -0.25) is 9.10 Å². The summed E-state index contributed by atoms with van der Waals surface area (Å²) in [6.07, 6.45) is 0. The van der Waals surface area contributed by atoms with E-state index in [2.05, 4.69) is 10.5 Å². The maximum absolute atomic E-state index is 13.7. The van der Waals surface area contributed by atoms with Crippen molar-refractivity contribution in [3.63, 3.8) is 0 Å². The fourth-order valence-corrected chi connectivity index (χ4v) is 5.56. The average Bonchev–Trinajstić information content (AvgIpc) is 3.42. The van der Waals surface area contributed by atoms with Gasteiger partial charge in [0.05, 0.1) is 28.4 Å². The fraction of sp³-hybridized carbons (Fsp3) is 0.0769. The third kappa shape index (κ3) is 5.24. The molecule has 0 saturated heterocycles. The van der Waals surface area contributed by atoms with E-state index in [1.165, 1.54) is 15.6 Å². The Labute approximate surface area is 203 Å². The molecule has 4 rings (SSSR count). The molecule has 0 fully saturated rings. The van der Waals surface area contributed by atoms with Gasteiger partial charge >= 0.3 is 0 Å². The minimum absolute atomic E-state index is 0.0693. The van der Waals surface area contributed by atoms with Crippen LogP contribution < -0.4 is 9.73 Å². The molecule has 0 saturated carbocycles. The van der Waals surface area contributed by atoms with Crippen LogP contribution in [0.4, 0.5) is 5.69 Å². The first-order chi connectivity index (χ1) is 16.5. The number of sulfonamides is 1. The first kappa shape index (κ1) is 23.4. The maximum Gasteiger partial charge on any atom is 0.273 e. The third-order valence-corrected chi connectivity index (χ3v) is 7.87. The number of nitrogens with one attached hydrogen (secondary N) is 1. The zero-order valence-electron chi connectivity index (χ0n) is 18.5. The highest BCUT2D eigenvalue weighted by Gasteiger charge is 2.28. The van der Waals surface area contributed by atoms with Crippen molar-refractivity contribution in [2.45, 2.75) is 18.4 Å². The summed E-state index contributed by atoms with van der Waals surface area (Å²) >= 11 is 1.52. The topological polar surface area (TPSA) is 78.8 Å². The number of carbonyl (C=O) groups excluding carboxylic acids is 1. The molecule has 1 aromatic heterocycles. The molecule has 172 valence electrons. The molecule has 0 radical (unpaired) electrons. The van der Waals surface area contributed by atoms with E-state index in [0.29, 0.717) is 5.71 Å². The van der Waals surface area contributed by atoms with Crippen LogP contribution in [0.15, 0.2) is 112 Å². The van der Waals surface area contributed by atoms with Crippen LogP contribution in [0.3, 0.4) is 0 Å². The summed E-state index contributed by atoms with van der Waals surface area (Å²) in [5, 5.41) is 6.14. The lowest BCUT2D eigenvalue weighted by molar-refractivity contribution is 0.0955. The van der Waals surface area contributed by atoms with Crippen molar-refractivity contribution in [3.8, 4) is 0 Å². The molecule has 8 heteroatoms. The van der Waals surface area contributed by atoms with Crippen LogP contribution in [0, 0.1) is 0 Å². The molecule has 34 heavy (non-hydrogen) atoms. The van der Waals surface area contributed by atoms with Gasteiger partial charge in [-0.05, 0) is 48.2 Å². The fourth-order valence-electron chi connectivity index (χ4n) is 3.39. The van der Waals surface area contributed by atoms with Gasteiger partial charge in [-0.25, -0.2) is 13.8 Å². The van der Waals surface area contributed by atoms with Crippen molar-refractivity contribution in [2.24, 2.45) is 5.10 Å². The van der Waals surface area contributed by atoms with Crippen LogP contribution in [-0.4, -0.2) is 20.0 Å². The molecule has 0 unspecified atom stereocenters. The molecule has 0 aliphatic carbocycles. The highest BCUT2D eigenvalue weighted by atomic mass is 32.2. The number of rotatable bonds is 8.